The van der Waals surface area contributed by atoms with Crippen LogP contribution < -0.4 is 5.32 Å². The minimum absolute atomic E-state index is 0.151. The summed E-state index contributed by atoms with van der Waals surface area (Å²) in [7, 11) is 0. The van der Waals surface area contributed by atoms with Crippen LogP contribution in [0.3, 0.4) is 0 Å². The highest BCUT2D eigenvalue weighted by atomic mass is 32.1. The molecule has 0 saturated heterocycles. The Balaban J connectivity index is 2.88. The first kappa shape index (κ1) is 16.0. The highest BCUT2D eigenvalue weighted by molar-refractivity contribution is 7.80. The van der Waals surface area contributed by atoms with Crippen molar-refractivity contribution < 1.29 is 9.59 Å². The van der Waals surface area contributed by atoms with Crippen LogP contribution in [0.4, 0.5) is 0 Å². The fourth-order valence-corrected chi connectivity index (χ4v) is 1.69. The highest BCUT2D eigenvalue weighted by Crippen LogP contribution is 2.11. The Morgan fingerprint density at radius 1 is 1.15 bits per heavy atom. The van der Waals surface area contributed by atoms with Crippen molar-refractivity contribution in [2.24, 2.45) is 0 Å². The molecular weight excluding hydrogens is 270 g/mol. The topological polar surface area (TPSA) is 46.2 Å². The number of Topliss-reactive ketones (excluding diaryl/α,β-unsaturated/α-hetero) is 1. The molecule has 0 spiro atoms. The van der Waals surface area contributed by atoms with Crippen LogP contribution in [-0.4, -0.2) is 24.0 Å². The van der Waals surface area contributed by atoms with E-state index in [1.807, 2.05) is 0 Å². The normalized spacial score (nSPS) is 10.8. The monoisotopic (exact) mass is 287 g/mol. The standard InChI is InChI=1S/C16H17NO2S/c1-3-5-12(4-2)15(18)13-6-8-14(9-7-13)16(19)17-10-11-20/h3-9,20H,1-2,10-11H2,(H,17,19). The maximum absolute atomic E-state index is 12.1. The molecule has 0 heterocycles. The molecule has 0 aliphatic heterocycles. The van der Waals surface area contributed by atoms with Gasteiger partial charge in [-0.2, -0.15) is 12.6 Å². The summed E-state index contributed by atoms with van der Waals surface area (Å²) in [6, 6.07) is 6.49. The summed E-state index contributed by atoms with van der Waals surface area (Å²) in [6.07, 6.45) is 4.62. The SMILES string of the molecule is C=CC=C(C=C)C(=O)c1ccc(C(=O)NCCS)cc1. The third kappa shape index (κ3) is 4.24. The molecule has 0 aromatic heterocycles. The van der Waals surface area contributed by atoms with E-state index < -0.39 is 0 Å². The second-order valence-electron chi connectivity index (χ2n) is 3.95. The molecular formula is C16H17NO2S. The predicted octanol–water partition coefficient (Wildman–Crippen LogP) is 2.83. The number of ketones is 1. The largest absolute Gasteiger partial charge is 0.351 e. The maximum atomic E-state index is 12.1. The Morgan fingerprint density at radius 3 is 2.25 bits per heavy atom. The number of rotatable bonds is 7. The number of carbonyl (C=O) groups excluding carboxylic acids is 2. The smallest absolute Gasteiger partial charge is 0.251 e. The molecule has 0 saturated carbocycles. The number of nitrogens with one attached hydrogen (secondary N) is 1. The number of carbonyl (C=O) groups is 2. The Kier molecular flexibility index (Phi) is 6.53. The first-order valence-electron chi connectivity index (χ1n) is 6.13. The van der Waals surface area contributed by atoms with Crippen molar-refractivity contribution in [2.75, 3.05) is 12.3 Å². The fourth-order valence-electron chi connectivity index (χ4n) is 1.57. The molecule has 4 heteroatoms. The van der Waals surface area contributed by atoms with E-state index in [4.69, 9.17) is 0 Å². The number of allylic oxidation sites excluding steroid dienone is 4. The van der Waals surface area contributed by atoms with Crippen molar-refractivity contribution in [1.82, 2.24) is 5.32 Å². The number of hydrogen-bond acceptors (Lipinski definition) is 3. The zero-order valence-corrected chi connectivity index (χ0v) is 12.0. The van der Waals surface area contributed by atoms with Gasteiger partial charge in [0, 0.05) is 29.0 Å². The molecule has 0 unspecified atom stereocenters. The summed E-state index contributed by atoms with van der Waals surface area (Å²) in [5.41, 5.74) is 1.48. The van der Waals surface area contributed by atoms with Gasteiger partial charge in [0.2, 0.25) is 0 Å². The summed E-state index contributed by atoms with van der Waals surface area (Å²) in [5.74, 6) is 0.253. The molecule has 0 fully saturated rings. The van der Waals surface area contributed by atoms with Gasteiger partial charge < -0.3 is 5.32 Å². The summed E-state index contributed by atoms with van der Waals surface area (Å²) >= 11 is 4.02. The van der Waals surface area contributed by atoms with Gasteiger partial charge in [-0.25, -0.2) is 0 Å². The first-order valence-corrected chi connectivity index (χ1v) is 6.76. The Morgan fingerprint density at radius 2 is 1.75 bits per heavy atom. The van der Waals surface area contributed by atoms with Crippen LogP contribution in [0.1, 0.15) is 20.7 Å². The number of amides is 1. The molecule has 0 atom stereocenters. The molecule has 1 aromatic carbocycles. The molecule has 1 amide bonds. The van der Waals surface area contributed by atoms with Gasteiger partial charge in [-0.1, -0.05) is 43.5 Å². The van der Waals surface area contributed by atoms with Gasteiger partial charge >= 0.3 is 0 Å². The first-order chi connectivity index (χ1) is 9.63. The average Bonchev–Trinajstić information content (AvgIpc) is 2.49. The van der Waals surface area contributed by atoms with Crippen LogP contribution in [0.2, 0.25) is 0 Å². The van der Waals surface area contributed by atoms with Crippen LogP contribution in [0, 0.1) is 0 Å². The molecule has 0 aliphatic rings. The molecule has 1 N–H and O–H groups in total. The zero-order valence-electron chi connectivity index (χ0n) is 11.1. The minimum atomic E-state index is -0.177. The summed E-state index contributed by atoms with van der Waals surface area (Å²) in [6.45, 7) is 7.66. The fraction of sp³-hybridized carbons (Fsp3) is 0.125. The van der Waals surface area contributed by atoms with E-state index >= 15 is 0 Å². The van der Waals surface area contributed by atoms with E-state index in [0.717, 1.165) is 0 Å². The molecule has 0 radical (unpaired) electrons. The van der Waals surface area contributed by atoms with Crippen LogP contribution in [0.15, 0.2) is 61.2 Å². The molecule has 20 heavy (non-hydrogen) atoms. The van der Waals surface area contributed by atoms with Crippen molar-refractivity contribution in [3.8, 4) is 0 Å². The third-order valence-electron chi connectivity index (χ3n) is 2.59. The quantitative estimate of drug-likeness (QED) is 0.350. The van der Waals surface area contributed by atoms with Crippen LogP contribution in [-0.2, 0) is 0 Å². The van der Waals surface area contributed by atoms with Gasteiger partial charge in [0.05, 0.1) is 0 Å². The van der Waals surface area contributed by atoms with Gasteiger partial charge in [0.15, 0.2) is 5.78 Å². The second kappa shape index (κ2) is 8.17. The van der Waals surface area contributed by atoms with Gasteiger partial charge in [-0.05, 0) is 12.1 Å². The minimum Gasteiger partial charge on any atom is -0.351 e. The van der Waals surface area contributed by atoms with E-state index in [0.29, 0.717) is 29.0 Å². The number of thiol groups is 1. The van der Waals surface area contributed by atoms with Crippen molar-refractivity contribution >= 4 is 24.3 Å². The van der Waals surface area contributed by atoms with E-state index in [2.05, 4.69) is 31.1 Å². The summed E-state index contributed by atoms with van der Waals surface area (Å²) in [5, 5.41) is 2.71. The number of benzene rings is 1. The average molecular weight is 287 g/mol. The van der Waals surface area contributed by atoms with Crippen LogP contribution in [0.5, 0.6) is 0 Å². The lowest BCUT2D eigenvalue weighted by molar-refractivity contribution is 0.0954. The van der Waals surface area contributed by atoms with Crippen molar-refractivity contribution in [1.29, 1.82) is 0 Å². The van der Waals surface area contributed by atoms with E-state index in [1.54, 1.807) is 30.3 Å². The molecule has 1 aromatic rings. The van der Waals surface area contributed by atoms with E-state index in [9.17, 15) is 9.59 Å². The van der Waals surface area contributed by atoms with Gasteiger partial charge in [0.1, 0.15) is 0 Å². The van der Waals surface area contributed by atoms with Gasteiger partial charge in [-0.3, -0.25) is 9.59 Å². The lowest BCUT2D eigenvalue weighted by atomic mass is 10.0. The lowest BCUT2D eigenvalue weighted by Crippen LogP contribution is -2.25. The molecule has 0 bridgehead atoms. The molecule has 3 nitrogen and oxygen atoms in total. The van der Waals surface area contributed by atoms with Crippen molar-refractivity contribution in [3.63, 3.8) is 0 Å². The highest BCUT2D eigenvalue weighted by Gasteiger charge is 2.10. The van der Waals surface area contributed by atoms with Crippen LogP contribution in [0.25, 0.3) is 0 Å². The molecule has 0 aliphatic carbocycles. The van der Waals surface area contributed by atoms with Gasteiger partial charge in [-0.15, -0.1) is 0 Å². The molecule has 104 valence electrons. The summed E-state index contributed by atoms with van der Waals surface area (Å²) < 4.78 is 0. The molecule has 1 rings (SSSR count). The zero-order chi connectivity index (χ0) is 15.0. The van der Waals surface area contributed by atoms with E-state index in [1.165, 1.54) is 12.2 Å². The van der Waals surface area contributed by atoms with Crippen LogP contribution >= 0.6 is 12.6 Å². The third-order valence-corrected chi connectivity index (χ3v) is 2.81. The maximum Gasteiger partial charge on any atom is 0.251 e. The second-order valence-corrected chi connectivity index (χ2v) is 4.40. The number of hydrogen-bond donors (Lipinski definition) is 2. The van der Waals surface area contributed by atoms with E-state index in [-0.39, 0.29) is 11.7 Å². The lowest BCUT2D eigenvalue weighted by Gasteiger charge is -2.05. The Labute approximate surface area is 124 Å². The predicted molar refractivity (Wildman–Crippen MR) is 85.4 cm³/mol. The van der Waals surface area contributed by atoms with Gasteiger partial charge in [0.25, 0.3) is 5.91 Å². The Bertz CT molecular complexity index is 544. The Hall–Kier alpha value is -2.07. The van der Waals surface area contributed by atoms with Crippen molar-refractivity contribution in [2.45, 2.75) is 0 Å². The van der Waals surface area contributed by atoms with Crippen molar-refractivity contribution in [3.05, 3.63) is 72.4 Å². The summed E-state index contributed by atoms with van der Waals surface area (Å²) in [4.78, 5) is 23.8.